The van der Waals surface area contributed by atoms with Gasteiger partial charge in [0.2, 0.25) is 5.27 Å². The third-order valence-electron chi connectivity index (χ3n) is 4.66. The molecule has 0 amide bonds. The molecule has 0 bridgehead atoms. The van der Waals surface area contributed by atoms with Crippen LogP contribution in [0.15, 0.2) is 15.7 Å². The summed E-state index contributed by atoms with van der Waals surface area (Å²) in [4.78, 5) is 17.6. The Bertz CT molecular complexity index is 611. The van der Waals surface area contributed by atoms with Crippen molar-refractivity contribution in [2.24, 2.45) is 10.9 Å². The number of piperazine rings is 1. The van der Waals surface area contributed by atoms with Gasteiger partial charge in [0.05, 0.1) is 17.9 Å². The highest BCUT2D eigenvalue weighted by atomic mass is 16.5. The maximum absolute atomic E-state index is 12.2. The topological polar surface area (TPSA) is 107 Å². The van der Waals surface area contributed by atoms with Crippen LogP contribution in [-0.4, -0.2) is 49.4 Å². The summed E-state index contributed by atoms with van der Waals surface area (Å²) in [6.45, 7) is 3.84. The van der Waals surface area contributed by atoms with Crippen molar-refractivity contribution in [3.05, 3.63) is 6.20 Å². The first-order valence-electron chi connectivity index (χ1n) is 8.97. The van der Waals surface area contributed by atoms with Gasteiger partial charge in [0.25, 0.3) is 6.20 Å². The summed E-state index contributed by atoms with van der Waals surface area (Å²) >= 11 is 0. The van der Waals surface area contributed by atoms with Gasteiger partial charge in [-0.15, -0.1) is 5.01 Å². The molecule has 1 aromatic heterocycles. The minimum absolute atomic E-state index is 0.0150. The van der Waals surface area contributed by atoms with E-state index in [1.165, 1.54) is 17.4 Å². The molecule has 2 aliphatic rings. The van der Waals surface area contributed by atoms with Crippen LogP contribution in [0, 0.1) is 5.92 Å². The van der Waals surface area contributed by atoms with E-state index in [1.807, 2.05) is 0 Å². The molecule has 0 aromatic carbocycles. The van der Waals surface area contributed by atoms with Crippen molar-refractivity contribution in [2.75, 3.05) is 31.3 Å². The van der Waals surface area contributed by atoms with Crippen LogP contribution < -0.4 is 20.2 Å². The van der Waals surface area contributed by atoms with E-state index in [1.54, 1.807) is 11.9 Å². The first kappa shape index (κ1) is 17.7. The lowest BCUT2D eigenvalue weighted by Gasteiger charge is -2.27. The maximum Gasteiger partial charge on any atom is 0.336 e. The number of carbonyl (C=O) groups excluding carboxylic acids is 1. The molecule has 9 nitrogen and oxygen atoms in total. The Morgan fingerprint density at radius 3 is 3.08 bits per heavy atom. The van der Waals surface area contributed by atoms with Gasteiger partial charge in [0.1, 0.15) is 0 Å². The Kier molecular flexibility index (Phi) is 5.85. The molecule has 9 heteroatoms. The minimum Gasteiger partial charge on any atom is -0.861 e. The maximum atomic E-state index is 12.2. The van der Waals surface area contributed by atoms with Crippen molar-refractivity contribution in [1.82, 2.24) is 10.6 Å². The van der Waals surface area contributed by atoms with E-state index < -0.39 is 6.04 Å². The van der Waals surface area contributed by atoms with Crippen molar-refractivity contribution < 1.29 is 24.0 Å². The van der Waals surface area contributed by atoms with E-state index in [-0.39, 0.29) is 23.7 Å². The van der Waals surface area contributed by atoms with E-state index in [2.05, 4.69) is 15.6 Å². The summed E-state index contributed by atoms with van der Waals surface area (Å²) in [6.07, 6.45) is 6.65. The van der Waals surface area contributed by atoms with Crippen molar-refractivity contribution >= 4 is 17.8 Å². The fraction of sp³-hybridized carbons (Fsp3) is 0.750. The Morgan fingerprint density at radius 2 is 2.32 bits per heavy atom. The lowest BCUT2D eigenvalue weighted by molar-refractivity contribution is -0.761. The largest absolute Gasteiger partial charge is 0.861 e. The second kappa shape index (κ2) is 8.28. The van der Waals surface area contributed by atoms with Gasteiger partial charge in [-0.1, -0.05) is 19.3 Å². The number of hydrogen-bond donors (Lipinski definition) is 1. The molecule has 1 saturated heterocycles. The van der Waals surface area contributed by atoms with Crippen LogP contribution in [0.4, 0.5) is 5.88 Å². The number of carbonyl (C=O) groups is 1. The number of hydrogen-bond acceptors (Lipinski definition) is 8. The van der Waals surface area contributed by atoms with Gasteiger partial charge in [-0.2, -0.15) is 0 Å². The summed E-state index contributed by atoms with van der Waals surface area (Å²) in [5.41, 5.74) is 0. The first-order valence-corrected chi connectivity index (χ1v) is 8.97. The van der Waals surface area contributed by atoms with Crippen LogP contribution in [0.1, 0.15) is 39.0 Å². The predicted molar refractivity (Wildman–Crippen MR) is 86.7 cm³/mol. The third-order valence-corrected chi connectivity index (χ3v) is 4.66. The van der Waals surface area contributed by atoms with Crippen LogP contribution in [0.3, 0.4) is 0 Å². The van der Waals surface area contributed by atoms with Crippen LogP contribution in [0.2, 0.25) is 0 Å². The molecule has 3 rings (SSSR count). The second-order valence-corrected chi connectivity index (χ2v) is 6.38. The molecular formula is C16H25N5O4. The number of rotatable bonds is 5. The van der Waals surface area contributed by atoms with Crippen LogP contribution in [-0.2, 0) is 9.53 Å². The molecule has 1 saturated carbocycles. The molecule has 0 spiro atoms. The molecular weight excluding hydrogens is 326 g/mol. The fourth-order valence-corrected chi connectivity index (χ4v) is 3.33. The normalized spacial score (nSPS) is 22.8. The van der Waals surface area contributed by atoms with Crippen LogP contribution in [0.5, 0.6) is 0 Å². The molecule has 1 N–H and O–H groups in total. The average molecular weight is 351 g/mol. The van der Waals surface area contributed by atoms with Gasteiger partial charge in [-0.25, -0.2) is 9.79 Å². The summed E-state index contributed by atoms with van der Waals surface area (Å²) in [7, 11) is 0. The molecule has 0 radical (unpaired) electrons. The van der Waals surface area contributed by atoms with Crippen molar-refractivity contribution in [3.8, 4) is 0 Å². The monoisotopic (exact) mass is 351 g/mol. The van der Waals surface area contributed by atoms with Crippen LogP contribution >= 0.6 is 0 Å². The van der Waals surface area contributed by atoms with Gasteiger partial charge in [0, 0.05) is 13.1 Å². The predicted octanol–water partition coefficient (Wildman–Crippen LogP) is -0.594. The van der Waals surface area contributed by atoms with E-state index in [9.17, 15) is 9.90 Å². The molecule has 1 unspecified atom stereocenters. The molecule has 1 atom stereocenters. The summed E-state index contributed by atoms with van der Waals surface area (Å²) < 4.78 is 10.3. The average Bonchev–Trinajstić information content (AvgIpc) is 3.11. The van der Waals surface area contributed by atoms with E-state index in [4.69, 9.17) is 9.26 Å². The highest BCUT2D eigenvalue weighted by molar-refractivity contribution is 5.78. The van der Waals surface area contributed by atoms with Gasteiger partial charge < -0.3 is 15.2 Å². The summed E-state index contributed by atoms with van der Waals surface area (Å²) in [5, 5.41) is 21.1. The number of nitrogens with zero attached hydrogens (tertiary/aromatic N) is 4. The van der Waals surface area contributed by atoms with Gasteiger partial charge in [-0.3, -0.25) is 4.52 Å². The zero-order chi connectivity index (χ0) is 17.6. The highest BCUT2D eigenvalue weighted by Crippen LogP contribution is 2.24. The molecule has 138 valence electrons. The van der Waals surface area contributed by atoms with Gasteiger partial charge in [0.15, 0.2) is 6.04 Å². The van der Waals surface area contributed by atoms with E-state index >= 15 is 0 Å². The zero-order valence-electron chi connectivity index (χ0n) is 14.5. The molecule has 1 aromatic rings. The number of esters is 1. The van der Waals surface area contributed by atoms with E-state index in [0.717, 1.165) is 25.7 Å². The Morgan fingerprint density at radius 1 is 1.52 bits per heavy atom. The SMILES string of the molecule is CCOC(=O)C1CNCCN1[n+]1cc(N=C([O-])C2CCCCC2)on1. The van der Waals surface area contributed by atoms with Gasteiger partial charge in [-0.05, 0) is 31.6 Å². The lowest BCUT2D eigenvalue weighted by atomic mass is 9.89. The molecule has 1 aliphatic heterocycles. The zero-order valence-corrected chi connectivity index (χ0v) is 14.5. The molecule has 25 heavy (non-hydrogen) atoms. The van der Waals surface area contributed by atoms with E-state index in [0.29, 0.717) is 26.2 Å². The first-order chi connectivity index (χ1) is 12.2. The smallest absolute Gasteiger partial charge is 0.336 e. The summed E-state index contributed by atoms with van der Waals surface area (Å²) in [5.74, 6) is -0.317. The van der Waals surface area contributed by atoms with Gasteiger partial charge >= 0.3 is 11.9 Å². The summed E-state index contributed by atoms with van der Waals surface area (Å²) in [6, 6.07) is -0.495. The quantitative estimate of drug-likeness (QED) is 0.327. The van der Waals surface area contributed by atoms with Crippen molar-refractivity contribution in [2.45, 2.75) is 45.1 Å². The Hall–Kier alpha value is -2.16. The number of ether oxygens (including phenoxy) is 1. The fourth-order valence-electron chi connectivity index (χ4n) is 3.33. The number of aliphatic imine (C=N–C) groups is 1. The Balaban J connectivity index is 1.71. The minimum atomic E-state index is -0.495. The number of nitrogens with one attached hydrogen (secondary N) is 1. The lowest BCUT2D eigenvalue weighted by Crippen LogP contribution is -2.71. The standard InChI is InChI=1S/C16H25N5O4/c1-2-24-16(23)13-10-17-8-9-20(13)21-11-14(25-19-21)18-15(22)12-6-4-3-5-7-12/h11-13,17H,2-10H2,1H3. The second-order valence-electron chi connectivity index (χ2n) is 6.38. The molecule has 2 fully saturated rings. The van der Waals surface area contributed by atoms with Crippen molar-refractivity contribution in [3.63, 3.8) is 0 Å². The molecule has 1 aliphatic carbocycles. The number of aromatic nitrogens is 2. The van der Waals surface area contributed by atoms with Crippen molar-refractivity contribution in [1.29, 1.82) is 0 Å². The Labute approximate surface area is 146 Å². The third kappa shape index (κ3) is 4.28. The molecule has 2 heterocycles. The highest BCUT2D eigenvalue weighted by Gasteiger charge is 2.37. The van der Waals surface area contributed by atoms with Crippen LogP contribution in [0.25, 0.3) is 0 Å².